The van der Waals surface area contributed by atoms with Crippen molar-refractivity contribution in [1.82, 2.24) is 10.2 Å². The van der Waals surface area contributed by atoms with E-state index in [9.17, 15) is 0 Å². The predicted molar refractivity (Wildman–Crippen MR) is 84.5 cm³/mol. The van der Waals surface area contributed by atoms with Crippen LogP contribution in [0.15, 0.2) is 24.3 Å². The fraction of sp³-hybridized carbons (Fsp3) is 0.647. The molecule has 0 amide bonds. The third kappa shape index (κ3) is 5.75. The molecule has 0 aliphatic carbocycles. The second kappa shape index (κ2) is 8.34. The van der Waals surface area contributed by atoms with E-state index >= 15 is 0 Å². The average molecular weight is 262 g/mol. The van der Waals surface area contributed by atoms with Crippen LogP contribution in [0, 0.1) is 0 Å². The number of hydrogen-bond donors (Lipinski definition) is 1. The summed E-state index contributed by atoms with van der Waals surface area (Å²) in [7, 11) is 0. The molecule has 1 rings (SSSR count). The Morgan fingerprint density at radius 1 is 0.947 bits per heavy atom. The van der Waals surface area contributed by atoms with Gasteiger partial charge in [0.1, 0.15) is 0 Å². The first-order valence-electron chi connectivity index (χ1n) is 7.58. The third-order valence-corrected chi connectivity index (χ3v) is 3.63. The minimum Gasteiger partial charge on any atom is -0.311 e. The molecule has 2 nitrogen and oxygen atoms in total. The average Bonchev–Trinajstić information content (AvgIpc) is 2.38. The highest BCUT2D eigenvalue weighted by molar-refractivity contribution is 5.22. The van der Waals surface area contributed by atoms with Crippen molar-refractivity contribution < 1.29 is 0 Å². The highest BCUT2D eigenvalue weighted by atomic mass is 15.2. The van der Waals surface area contributed by atoms with Crippen LogP contribution in [0.1, 0.15) is 45.7 Å². The molecule has 0 saturated carbocycles. The molecule has 0 saturated heterocycles. The largest absolute Gasteiger partial charge is 0.311 e. The molecule has 0 heterocycles. The first-order valence-corrected chi connectivity index (χ1v) is 7.58. The Bertz CT molecular complexity index is 333. The molecule has 2 heteroatoms. The lowest BCUT2D eigenvalue weighted by atomic mass is 10.1. The highest BCUT2D eigenvalue weighted by Crippen LogP contribution is 2.05. The summed E-state index contributed by atoms with van der Waals surface area (Å²) in [5.74, 6) is 0. The molecule has 0 atom stereocenters. The van der Waals surface area contributed by atoms with E-state index in [2.05, 4.69) is 69.1 Å². The lowest BCUT2D eigenvalue weighted by molar-refractivity contribution is 0.176. The van der Waals surface area contributed by atoms with Gasteiger partial charge in [-0.3, -0.25) is 4.90 Å². The van der Waals surface area contributed by atoms with E-state index in [-0.39, 0.29) is 0 Å². The van der Waals surface area contributed by atoms with Crippen LogP contribution in [-0.4, -0.2) is 30.1 Å². The van der Waals surface area contributed by atoms with E-state index < -0.39 is 0 Å². The minimum absolute atomic E-state index is 0.616. The summed E-state index contributed by atoms with van der Waals surface area (Å²) in [5, 5.41) is 3.54. The van der Waals surface area contributed by atoms with Gasteiger partial charge in [0.15, 0.2) is 0 Å². The van der Waals surface area contributed by atoms with Gasteiger partial charge in [0.2, 0.25) is 0 Å². The maximum Gasteiger partial charge on any atom is 0.0206 e. The predicted octanol–water partition coefficient (Wildman–Crippen LogP) is 3.46. The van der Waals surface area contributed by atoms with Crippen molar-refractivity contribution >= 4 is 0 Å². The van der Waals surface area contributed by atoms with Crippen LogP contribution in [0.5, 0.6) is 0 Å². The van der Waals surface area contributed by atoms with Crippen LogP contribution in [0.4, 0.5) is 0 Å². The molecule has 1 N–H and O–H groups in total. The second-order valence-corrected chi connectivity index (χ2v) is 5.77. The number of aryl methyl sites for hydroxylation is 1. The van der Waals surface area contributed by atoms with E-state index in [0.717, 1.165) is 26.1 Å². The molecule has 0 aromatic heterocycles. The van der Waals surface area contributed by atoms with Gasteiger partial charge in [0.05, 0.1) is 0 Å². The normalized spacial score (nSPS) is 11.8. The van der Waals surface area contributed by atoms with Crippen molar-refractivity contribution in [3.05, 3.63) is 35.4 Å². The second-order valence-electron chi connectivity index (χ2n) is 5.77. The number of nitrogens with one attached hydrogen (secondary N) is 1. The van der Waals surface area contributed by atoms with Crippen molar-refractivity contribution in [2.45, 2.75) is 59.7 Å². The van der Waals surface area contributed by atoms with E-state index in [4.69, 9.17) is 0 Å². The third-order valence-electron chi connectivity index (χ3n) is 3.63. The van der Waals surface area contributed by atoms with Crippen LogP contribution in [0.3, 0.4) is 0 Å². The van der Waals surface area contributed by atoms with Gasteiger partial charge >= 0.3 is 0 Å². The topological polar surface area (TPSA) is 15.3 Å². The molecule has 0 fully saturated rings. The van der Waals surface area contributed by atoms with Gasteiger partial charge in [-0.2, -0.15) is 0 Å². The van der Waals surface area contributed by atoms with Gasteiger partial charge in [-0.15, -0.1) is 0 Å². The Labute approximate surface area is 119 Å². The fourth-order valence-corrected chi connectivity index (χ4v) is 2.45. The van der Waals surface area contributed by atoms with E-state index in [1.54, 1.807) is 0 Å². The number of rotatable bonds is 8. The van der Waals surface area contributed by atoms with Gasteiger partial charge in [-0.25, -0.2) is 0 Å². The maximum atomic E-state index is 3.54. The van der Waals surface area contributed by atoms with Crippen molar-refractivity contribution in [2.24, 2.45) is 0 Å². The van der Waals surface area contributed by atoms with Gasteiger partial charge in [0, 0.05) is 31.7 Å². The van der Waals surface area contributed by atoms with E-state index in [0.29, 0.717) is 12.1 Å². The zero-order chi connectivity index (χ0) is 14.3. The Hall–Kier alpha value is -0.860. The summed E-state index contributed by atoms with van der Waals surface area (Å²) in [6.07, 6.45) is 1.12. The van der Waals surface area contributed by atoms with Crippen molar-refractivity contribution in [1.29, 1.82) is 0 Å². The molecule has 0 radical (unpaired) electrons. The van der Waals surface area contributed by atoms with Crippen LogP contribution < -0.4 is 5.32 Å². The summed E-state index contributed by atoms with van der Waals surface area (Å²) in [5.41, 5.74) is 2.78. The fourth-order valence-electron chi connectivity index (χ4n) is 2.45. The maximum absolute atomic E-state index is 3.54. The molecular weight excluding hydrogens is 232 g/mol. The van der Waals surface area contributed by atoms with Crippen LogP contribution in [0.25, 0.3) is 0 Å². The Balaban J connectivity index is 2.29. The summed E-state index contributed by atoms with van der Waals surface area (Å²) in [6, 6.07) is 10.1. The molecular formula is C17H30N2. The zero-order valence-electron chi connectivity index (χ0n) is 13.2. The number of benzene rings is 1. The molecule has 0 aliphatic heterocycles. The summed E-state index contributed by atoms with van der Waals surface area (Å²) < 4.78 is 0. The molecule has 0 spiro atoms. The zero-order valence-corrected chi connectivity index (χ0v) is 13.2. The number of nitrogens with zero attached hydrogens (tertiary/aromatic N) is 1. The Kier molecular flexibility index (Phi) is 7.11. The summed E-state index contributed by atoms with van der Waals surface area (Å²) in [6.45, 7) is 14.4. The van der Waals surface area contributed by atoms with E-state index in [1.807, 2.05) is 0 Å². The molecule has 19 heavy (non-hydrogen) atoms. The molecule has 108 valence electrons. The van der Waals surface area contributed by atoms with Gasteiger partial charge < -0.3 is 5.32 Å². The highest BCUT2D eigenvalue weighted by Gasteiger charge is 2.11. The lowest BCUT2D eigenvalue weighted by Crippen LogP contribution is -2.41. The van der Waals surface area contributed by atoms with Gasteiger partial charge in [-0.05, 0) is 45.2 Å². The smallest absolute Gasteiger partial charge is 0.0206 e. The summed E-state index contributed by atoms with van der Waals surface area (Å²) in [4.78, 5) is 2.52. The molecule has 0 bridgehead atoms. The van der Waals surface area contributed by atoms with Crippen molar-refractivity contribution in [3.63, 3.8) is 0 Å². The Morgan fingerprint density at radius 2 is 1.47 bits per heavy atom. The van der Waals surface area contributed by atoms with Crippen LogP contribution in [-0.2, 0) is 13.0 Å². The molecule has 0 aliphatic rings. The van der Waals surface area contributed by atoms with Crippen molar-refractivity contribution in [2.75, 3.05) is 13.1 Å². The minimum atomic E-state index is 0.616. The number of hydrogen-bond acceptors (Lipinski definition) is 2. The quantitative estimate of drug-likeness (QED) is 0.722. The molecule has 0 unspecified atom stereocenters. The monoisotopic (exact) mass is 262 g/mol. The van der Waals surface area contributed by atoms with Crippen LogP contribution >= 0.6 is 0 Å². The van der Waals surface area contributed by atoms with Gasteiger partial charge in [-0.1, -0.05) is 31.2 Å². The van der Waals surface area contributed by atoms with Crippen LogP contribution in [0.2, 0.25) is 0 Å². The lowest BCUT2D eigenvalue weighted by Gasteiger charge is -2.30. The van der Waals surface area contributed by atoms with E-state index in [1.165, 1.54) is 11.1 Å². The SMILES string of the molecule is CCc1ccc(CNCCN(C(C)C)C(C)C)cc1. The molecule has 1 aromatic carbocycles. The Morgan fingerprint density at radius 3 is 1.95 bits per heavy atom. The summed E-state index contributed by atoms with van der Waals surface area (Å²) >= 11 is 0. The first-order chi connectivity index (χ1) is 9.04. The standard InChI is InChI=1S/C17H30N2/c1-6-16-7-9-17(10-8-16)13-18-11-12-19(14(2)3)15(4)5/h7-10,14-15,18H,6,11-13H2,1-5H3. The van der Waals surface area contributed by atoms with Crippen molar-refractivity contribution in [3.8, 4) is 0 Å². The van der Waals surface area contributed by atoms with Gasteiger partial charge in [0.25, 0.3) is 0 Å². The first kappa shape index (κ1) is 16.2. The molecule has 1 aromatic rings.